The molecule has 7 nitrogen and oxygen atoms in total. The van der Waals surface area contributed by atoms with Crippen LogP contribution in [0.3, 0.4) is 0 Å². The lowest BCUT2D eigenvalue weighted by molar-refractivity contribution is -0.255. The third kappa shape index (κ3) is 3.71. The average molecular weight is 371 g/mol. The Hall–Kier alpha value is -2.84. The Morgan fingerprint density at radius 2 is 2.15 bits per heavy atom. The van der Waals surface area contributed by atoms with Crippen molar-refractivity contribution in [3.05, 3.63) is 47.7 Å². The van der Waals surface area contributed by atoms with Gasteiger partial charge in [0.1, 0.15) is 17.2 Å². The van der Waals surface area contributed by atoms with Gasteiger partial charge >= 0.3 is 0 Å². The zero-order valence-electron chi connectivity index (χ0n) is 13.9. The first-order valence-electron chi connectivity index (χ1n) is 7.82. The molecule has 1 aliphatic heterocycles. The molecule has 1 aromatic heterocycles. The molecule has 0 radical (unpaired) electrons. The number of carboxylic acid groups (broad SMARTS) is 1. The van der Waals surface area contributed by atoms with Crippen LogP contribution in [0.4, 0.5) is 0 Å². The Bertz CT molecular complexity index is 902. The molecule has 0 saturated heterocycles. The number of amides is 1. The Kier molecular flexibility index (Phi) is 5.24. The van der Waals surface area contributed by atoms with Crippen molar-refractivity contribution in [1.82, 2.24) is 4.90 Å². The number of carbonyl (C=O) groups excluding carboxylic acids is 2. The molecule has 1 aliphatic rings. The molecule has 0 N–H and O–H groups in total. The van der Waals surface area contributed by atoms with Crippen LogP contribution in [-0.2, 0) is 16.0 Å². The molecule has 0 atom stereocenters. The smallest absolute Gasteiger partial charge is 0.275 e. The van der Waals surface area contributed by atoms with Crippen molar-refractivity contribution in [3.63, 3.8) is 0 Å². The fourth-order valence-electron chi connectivity index (χ4n) is 2.55. The summed E-state index contributed by atoms with van der Waals surface area (Å²) in [6.07, 6.45) is 0.197. The molecule has 0 fully saturated rings. The lowest BCUT2D eigenvalue weighted by Gasteiger charge is -2.13. The van der Waals surface area contributed by atoms with Gasteiger partial charge in [0.05, 0.1) is 25.5 Å². The summed E-state index contributed by atoms with van der Waals surface area (Å²) in [6, 6.07) is 9.69. The van der Waals surface area contributed by atoms with Gasteiger partial charge in [-0.15, -0.1) is 0 Å². The lowest BCUT2D eigenvalue weighted by atomic mass is 10.1. The van der Waals surface area contributed by atoms with E-state index in [0.29, 0.717) is 35.9 Å². The standard InChI is InChI=1S/C18H16N2O5S/c1-24-8-7-20-16(21)14(19-18(20)26)10-13-5-6-15(25-13)11-3-2-4-12(9-11)17(22)23/h2-6,9H,7-8,10H2,1H3,(H,22,23)/p-1. The summed E-state index contributed by atoms with van der Waals surface area (Å²) in [5, 5.41) is 11.2. The highest BCUT2D eigenvalue weighted by Crippen LogP contribution is 2.24. The highest BCUT2D eigenvalue weighted by atomic mass is 32.1. The van der Waals surface area contributed by atoms with E-state index in [9.17, 15) is 14.7 Å². The average Bonchev–Trinajstić information content (AvgIpc) is 3.19. The van der Waals surface area contributed by atoms with Crippen molar-refractivity contribution >= 4 is 34.9 Å². The first kappa shape index (κ1) is 18.0. The van der Waals surface area contributed by atoms with Crippen LogP contribution in [0.5, 0.6) is 0 Å². The van der Waals surface area contributed by atoms with Crippen LogP contribution < -0.4 is 5.11 Å². The maximum atomic E-state index is 12.4. The third-order valence-electron chi connectivity index (χ3n) is 3.86. The maximum Gasteiger partial charge on any atom is 0.275 e. The van der Waals surface area contributed by atoms with Gasteiger partial charge in [-0.3, -0.25) is 9.69 Å². The molecule has 0 spiro atoms. The van der Waals surface area contributed by atoms with Crippen LogP contribution in [0.25, 0.3) is 11.3 Å². The van der Waals surface area contributed by atoms with Crippen LogP contribution in [0.1, 0.15) is 16.1 Å². The number of benzene rings is 1. The van der Waals surface area contributed by atoms with Gasteiger partial charge in [-0.2, -0.15) is 0 Å². The van der Waals surface area contributed by atoms with E-state index in [1.165, 1.54) is 17.0 Å². The monoisotopic (exact) mass is 371 g/mol. The van der Waals surface area contributed by atoms with Crippen LogP contribution in [0.15, 0.2) is 45.8 Å². The summed E-state index contributed by atoms with van der Waals surface area (Å²) in [5.41, 5.74) is 0.972. The van der Waals surface area contributed by atoms with Gasteiger partial charge < -0.3 is 19.1 Å². The summed E-state index contributed by atoms with van der Waals surface area (Å²) >= 11 is 5.11. The molecule has 8 heteroatoms. The summed E-state index contributed by atoms with van der Waals surface area (Å²) in [5.74, 6) is -0.492. The number of nitrogens with zero attached hydrogens (tertiary/aromatic N) is 2. The number of aromatic carboxylic acids is 1. The molecular weight excluding hydrogens is 356 g/mol. The van der Waals surface area contributed by atoms with Crippen LogP contribution in [0, 0.1) is 0 Å². The van der Waals surface area contributed by atoms with E-state index < -0.39 is 5.97 Å². The van der Waals surface area contributed by atoms with Gasteiger partial charge in [0, 0.05) is 12.7 Å². The lowest BCUT2D eigenvalue weighted by Crippen LogP contribution is -2.35. The van der Waals surface area contributed by atoms with E-state index in [-0.39, 0.29) is 23.0 Å². The fourth-order valence-corrected chi connectivity index (χ4v) is 2.84. The number of methoxy groups -OCH3 is 1. The number of carbonyl (C=O) groups is 2. The molecule has 0 unspecified atom stereocenters. The summed E-state index contributed by atoms with van der Waals surface area (Å²) in [7, 11) is 1.55. The Labute approximate surface area is 154 Å². The van der Waals surface area contributed by atoms with E-state index in [2.05, 4.69) is 4.99 Å². The third-order valence-corrected chi connectivity index (χ3v) is 4.17. The van der Waals surface area contributed by atoms with Gasteiger partial charge in [0.2, 0.25) is 5.11 Å². The Morgan fingerprint density at radius 3 is 2.88 bits per heavy atom. The van der Waals surface area contributed by atoms with Crippen molar-refractivity contribution in [2.45, 2.75) is 6.42 Å². The molecule has 2 heterocycles. The van der Waals surface area contributed by atoms with E-state index in [1.54, 1.807) is 31.4 Å². The van der Waals surface area contributed by atoms with Crippen LogP contribution in [0.2, 0.25) is 0 Å². The number of carboxylic acids is 1. The van der Waals surface area contributed by atoms with Gasteiger partial charge in [0.15, 0.2) is 0 Å². The molecule has 26 heavy (non-hydrogen) atoms. The van der Waals surface area contributed by atoms with Crippen molar-refractivity contribution < 1.29 is 23.8 Å². The molecule has 3 rings (SSSR count). The molecule has 0 aliphatic carbocycles. The summed E-state index contributed by atoms with van der Waals surface area (Å²) in [6.45, 7) is 0.717. The fraction of sp³-hybridized carbons (Fsp3) is 0.222. The normalized spacial score (nSPS) is 14.0. The van der Waals surface area contributed by atoms with Crippen molar-refractivity contribution in [3.8, 4) is 11.3 Å². The second-order valence-corrected chi connectivity index (χ2v) is 5.97. The number of thiocarbonyl (C=S) groups is 1. The van der Waals surface area contributed by atoms with Crippen molar-refractivity contribution in [2.75, 3.05) is 20.3 Å². The topological polar surface area (TPSA) is 95.2 Å². The van der Waals surface area contributed by atoms with Crippen LogP contribution in [-0.4, -0.2) is 47.9 Å². The maximum absolute atomic E-state index is 12.4. The SMILES string of the molecule is COCCN1C(=O)C(Cc2ccc(-c3cccc(C(=O)[O-])c3)o2)=NC1=S. The van der Waals surface area contributed by atoms with Gasteiger partial charge in [-0.05, 0) is 36.0 Å². The zero-order chi connectivity index (χ0) is 18.7. The van der Waals surface area contributed by atoms with Crippen LogP contribution >= 0.6 is 12.2 Å². The summed E-state index contributed by atoms with van der Waals surface area (Å²) < 4.78 is 10.7. The number of hydrogen-bond acceptors (Lipinski definition) is 6. The number of rotatable bonds is 7. The molecule has 134 valence electrons. The molecule has 2 aromatic rings. The van der Waals surface area contributed by atoms with Crippen molar-refractivity contribution in [2.24, 2.45) is 4.99 Å². The molecule has 1 amide bonds. The van der Waals surface area contributed by atoms with E-state index >= 15 is 0 Å². The highest BCUT2D eigenvalue weighted by Gasteiger charge is 2.30. The number of aliphatic imine (C=N–C) groups is 1. The highest BCUT2D eigenvalue weighted by molar-refractivity contribution is 7.80. The molecule has 1 aromatic carbocycles. The number of hydrogen-bond donors (Lipinski definition) is 0. The minimum absolute atomic E-state index is 0.0647. The predicted octanol–water partition coefficient (Wildman–Crippen LogP) is 1.07. The minimum Gasteiger partial charge on any atom is -0.545 e. The van der Waals surface area contributed by atoms with Gasteiger partial charge in [0.25, 0.3) is 5.91 Å². The predicted molar refractivity (Wildman–Crippen MR) is 95.8 cm³/mol. The number of ether oxygens (including phenoxy) is 1. The van der Waals surface area contributed by atoms with Gasteiger partial charge in [-0.1, -0.05) is 18.2 Å². The van der Waals surface area contributed by atoms with Crippen molar-refractivity contribution in [1.29, 1.82) is 0 Å². The first-order valence-corrected chi connectivity index (χ1v) is 8.23. The second kappa shape index (κ2) is 7.59. The molecule has 0 bridgehead atoms. The largest absolute Gasteiger partial charge is 0.545 e. The van der Waals surface area contributed by atoms with E-state index in [1.807, 2.05) is 0 Å². The molecule has 0 saturated carbocycles. The zero-order valence-corrected chi connectivity index (χ0v) is 14.7. The minimum atomic E-state index is -1.26. The second-order valence-electron chi connectivity index (χ2n) is 5.60. The van der Waals surface area contributed by atoms with Gasteiger partial charge in [-0.25, -0.2) is 4.99 Å². The first-order chi connectivity index (χ1) is 12.5. The molecular formula is C18H15N2O5S-. The Morgan fingerprint density at radius 1 is 1.35 bits per heavy atom. The summed E-state index contributed by atoms with van der Waals surface area (Å²) in [4.78, 5) is 28.9. The van der Waals surface area contributed by atoms with E-state index in [0.717, 1.165) is 0 Å². The van der Waals surface area contributed by atoms with E-state index in [4.69, 9.17) is 21.4 Å². The Balaban J connectivity index is 1.74. The number of furan rings is 1. The quantitative estimate of drug-likeness (QED) is 0.676.